The molecular formula is C40H25Cl2NO5. The van der Waals surface area contributed by atoms with Crippen LogP contribution >= 0.6 is 23.2 Å². The van der Waals surface area contributed by atoms with Gasteiger partial charge in [-0.15, -0.1) is 0 Å². The Labute approximate surface area is 285 Å². The van der Waals surface area contributed by atoms with Gasteiger partial charge in [0.15, 0.2) is 5.78 Å². The summed E-state index contributed by atoms with van der Waals surface area (Å²) >= 11 is 12.8. The quantitative estimate of drug-likeness (QED) is 0.186. The van der Waals surface area contributed by atoms with Crippen molar-refractivity contribution in [3.63, 3.8) is 0 Å². The van der Waals surface area contributed by atoms with Gasteiger partial charge in [0, 0.05) is 10.0 Å². The van der Waals surface area contributed by atoms with Gasteiger partial charge in [-0.05, 0) is 81.9 Å². The molecule has 8 heteroatoms. The Morgan fingerprint density at radius 2 is 0.958 bits per heavy atom. The number of carbonyl (C=O) groups is 4. The number of fused-ring (bicyclic) bond motifs is 5. The van der Waals surface area contributed by atoms with Gasteiger partial charge in [-0.25, -0.2) is 9.69 Å². The second-order valence-corrected chi connectivity index (χ2v) is 13.1. The van der Waals surface area contributed by atoms with Crippen LogP contribution in [0, 0.1) is 11.8 Å². The number of benzene rings is 5. The Morgan fingerprint density at radius 3 is 1.33 bits per heavy atom. The van der Waals surface area contributed by atoms with Crippen molar-refractivity contribution >= 4 is 63.6 Å². The molecule has 234 valence electrons. The van der Waals surface area contributed by atoms with Crippen LogP contribution in [0.2, 0.25) is 10.0 Å². The smallest absolute Gasteiger partial charge is 0.335 e. The number of allylic oxidation sites excluding steroid dienone is 2. The number of carboxylic acids is 1. The number of hydrogen-bond acceptors (Lipinski definition) is 4. The highest BCUT2D eigenvalue weighted by molar-refractivity contribution is 6.39. The normalized spacial score (nSPS) is 24.4. The maximum Gasteiger partial charge on any atom is 0.335 e. The van der Waals surface area contributed by atoms with Crippen LogP contribution in [0.25, 0.3) is 11.1 Å². The summed E-state index contributed by atoms with van der Waals surface area (Å²) in [4.78, 5) is 58.7. The van der Waals surface area contributed by atoms with Gasteiger partial charge >= 0.3 is 5.97 Å². The Kier molecular flexibility index (Phi) is 6.81. The third-order valence-corrected chi connectivity index (χ3v) is 10.6. The van der Waals surface area contributed by atoms with E-state index in [9.17, 15) is 9.90 Å². The van der Waals surface area contributed by atoms with Gasteiger partial charge in [-0.3, -0.25) is 14.4 Å². The van der Waals surface area contributed by atoms with Crippen molar-refractivity contribution in [2.45, 2.75) is 10.8 Å². The molecule has 2 aliphatic carbocycles. The zero-order chi connectivity index (χ0) is 33.4. The first-order valence-corrected chi connectivity index (χ1v) is 16.1. The number of amides is 2. The van der Waals surface area contributed by atoms with Gasteiger partial charge in [0.05, 0.1) is 33.9 Å². The summed E-state index contributed by atoms with van der Waals surface area (Å²) in [6, 6.07) is 38.6. The molecule has 0 radical (unpaired) electrons. The molecule has 48 heavy (non-hydrogen) atoms. The molecule has 3 aliphatic rings. The van der Waals surface area contributed by atoms with Gasteiger partial charge in [0.25, 0.3) is 0 Å². The molecule has 2 amide bonds. The molecule has 0 spiro atoms. The maximum absolute atomic E-state index is 15.9. The number of anilines is 1. The summed E-state index contributed by atoms with van der Waals surface area (Å²) in [5.41, 5.74) is 0.974. The maximum atomic E-state index is 15.9. The summed E-state index contributed by atoms with van der Waals surface area (Å²) in [5, 5.41) is 10.4. The third kappa shape index (κ3) is 3.87. The molecule has 5 aromatic carbocycles. The second-order valence-electron chi connectivity index (χ2n) is 12.3. The Bertz CT molecular complexity index is 2050. The van der Waals surface area contributed by atoms with Crippen LogP contribution in [0.5, 0.6) is 0 Å². The molecule has 1 heterocycles. The van der Waals surface area contributed by atoms with E-state index in [-0.39, 0.29) is 17.0 Å². The van der Waals surface area contributed by atoms with E-state index in [1.807, 2.05) is 60.7 Å². The number of halogens is 2. The monoisotopic (exact) mass is 669 g/mol. The topological polar surface area (TPSA) is 91.8 Å². The summed E-state index contributed by atoms with van der Waals surface area (Å²) in [6.45, 7) is 0. The second kappa shape index (κ2) is 10.9. The van der Waals surface area contributed by atoms with E-state index in [1.54, 1.807) is 48.5 Å². The van der Waals surface area contributed by atoms with E-state index in [2.05, 4.69) is 0 Å². The first kappa shape index (κ1) is 30.1. The van der Waals surface area contributed by atoms with Crippen LogP contribution < -0.4 is 4.90 Å². The number of carboxylic acid groups (broad SMARTS) is 1. The highest BCUT2D eigenvalue weighted by atomic mass is 35.5. The highest BCUT2D eigenvalue weighted by Crippen LogP contribution is 2.74. The average Bonchev–Trinajstić information content (AvgIpc) is 3.61. The van der Waals surface area contributed by atoms with E-state index >= 15 is 14.4 Å². The number of ketones is 1. The molecular weight excluding hydrogens is 645 g/mol. The van der Waals surface area contributed by atoms with Crippen LogP contribution in [-0.4, -0.2) is 28.7 Å². The van der Waals surface area contributed by atoms with E-state index in [1.165, 1.54) is 24.3 Å². The number of aromatic carboxylic acids is 1. The van der Waals surface area contributed by atoms with Gasteiger partial charge in [-0.2, -0.15) is 0 Å². The molecule has 1 aliphatic heterocycles. The van der Waals surface area contributed by atoms with Crippen LogP contribution in [0.4, 0.5) is 5.69 Å². The van der Waals surface area contributed by atoms with Crippen LogP contribution in [0.15, 0.2) is 133 Å². The lowest BCUT2D eigenvalue weighted by Crippen LogP contribution is -2.45. The Hall–Kier alpha value is -5.30. The number of rotatable bonds is 6. The molecule has 2 fully saturated rings. The number of hydrogen-bond donors (Lipinski definition) is 1. The van der Waals surface area contributed by atoms with Crippen molar-refractivity contribution in [3.05, 3.63) is 171 Å². The molecule has 8 rings (SSSR count). The predicted molar refractivity (Wildman–Crippen MR) is 184 cm³/mol. The SMILES string of the molecule is O=C(O)c1ccc(N2C(=O)[C@@H]3[C@H](C2=O)[C@@]2(c4ccc(Cl)cc4)C(=O)[C@@]3(c3ccc(Cl)cc3)C(c3ccccc3)=C2c2ccccc2)cc1. The standard InChI is InChI=1S/C40H25Cl2NO5/c41-28-17-13-26(14-18-28)39-31(23-7-3-1-4-8-23)32(24-9-5-2-6-10-24)40(38(39)48,27-15-19-29(42)20-16-27)34-33(39)35(44)43(36(34)45)30-21-11-25(12-22-30)37(46)47/h1-22,33-34H,(H,46,47)/t33-,34+,39-,40-/m0/s1. The predicted octanol–water partition coefficient (Wildman–Crippen LogP) is 7.88. The molecule has 2 bridgehead atoms. The van der Waals surface area contributed by atoms with E-state index in [4.69, 9.17) is 23.2 Å². The average molecular weight is 671 g/mol. The molecule has 0 aromatic heterocycles. The molecule has 1 N–H and O–H groups in total. The van der Waals surface area contributed by atoms with Gasteiger partial charge < -0.3 is 5.11 Å². The first-order valence-electron chi connectivity index (χ1n) is 15.4. The number of nitrogens with zero attached hydrogens (tertiary/aromatic N) is 1. The van der Waals surface area contributed by atoms with E-state index < -0.39 is 40.4 Å². The van der Waals surface area contributed by atoms with Gasteiger partial charge in [-0.1, -0.05) is 108 Å². The van der Waals surface area contributed by atoms with Gasteiger partial charge in [0.1, 0.15) is 0 Å². The Balaban J connectivity index is 1.52. The lowest BCUT2D eigenvalue weighted by Gasteiger charge is -2.39. The summed E-state index contributed by atoms with van der Waals surface area (Å²) in [6.07, 6.45) is 0. The van der Waals surface area contributed by atoms with Crippen molar-refractivity contribution in [1.29, 1.82) is 0 Å². The lowest BCUT2D eigenvalue weighted by molar-refractivity contribution is -0.130. The van der Waals surface area contributed by atoms with Crippen molar-refractivity contribution in [2.24, 2.45) is 11.8 Å². The minimum absolute atomic E-state index is 0.0166. The first-order chi connectivity index (χ1) is 23.2. The fourth-order valence-corrected chi connectivity index (χ4v) is 8.62. The summed E-state index contributed by atoms with van der Waals surface area (Å²) < 4.78 is 0. The van der Waals surface area contributed by atoms with Crippen molar-refractivity contribution in [3.8, 4) is 0 Å². The molecule has 0 unspecified atom stereocenters. The largest absolute Gasteiger partial charge is 0.478 e. The highest BCUT2D eigenvalue weighted by Gasteiger charge is 2.82. The molecule has 4 atom stereocenters. The Morgan fingerprint density at radius 1 is 0.562 bits per heavy atom. The fourth-order valence-electron chi connectivity index (χ4n) is 8.36. The van der Waals surface area contributed by atoms with Crippen LogP contribution in [0.3, 0.4) is 0 Å². The van der Waals surface area contributed by atoms with E-state index in [0.717, 1.165) is 16.0 Å². The fraction of sp³-hybridized carbons (Fsp3) is 0.100. The lowest BCUT2D eigenvalue weighted by atomic mass is 9.59. The molecule has 6 nitrogen and oxygen atoms in total. The van der Waals surface area contributed by atoms with Crippen molar-refractivity contribution < 1.29 is 24.3 Å². The number of carbonyl (C=O) groups excluding carboxylic acids is 3. The summed E-state index contributed by atoms with van der Waals surface area (Å²) in [5.74, 6) is -4.73. The third-order valence-electron chi connectivity index (χ3n) is 10.1. The molecule has 5 aromatic rings. The van der Waals surface area contributed by atoms with Gasteiger partial charge in [0.2, 0.25) is 11.8 Å². The van der Waals surface area contributed by atoms with Crippen LogP contribution in [-0.2, 0) is 25.2 Å². The minimum Gasteiger partial charge on any atom is -0.478 e. The number of Topliss-reactive ketones (excluding diaryl/α,β-unsaturated/α-hetero) is 1. The van der Waals surface area contributed by atoms with E-state index in [0.29, 0.717) is 32.3 Å². The minimum atomic E-state index is -1.59. The van der Waals surface area contributed by atoms with Crippen molar-refractivity contribution in [2.75, 3.05) is 4.90 Å². The molecule has 1 saturated heterocycles. The van der Waals surface area contributed by atoms with Crippen LogP contribution in [0.1, 0.15) is 32.6 Å². The molecule has 1 saturated carbocycles. The zero-order valence-corrected chi connectivity index (χ0v) is 26.7. The summed E-state index contributed by atoms with van der Waals surface area (Å²) in [7, 11) is 0. The number of imide groups is 1. The zero-order valence-electron chi connectivity index (χ0n) is 25.1. The van der Waals surface area contributed by atoms with Crippen molar-refractivity contribution in [1.82, 2.24) is 0 Å².